The van der Waals surface area contributed by atoms with Gasteiger partial charge in [-0.15, -0.1) is 12.4 Å². The van der Waals surface area contributed by atoms with Crippen LogP contribution in [-0.4, -0.2) is 0 Å². The first-order valence-corrected chi connectivity index (χ1v) is 4.39. The fourth-order valence-electron chi connectivity index (χ4n) is 1.48. The van der Waals surface area contributed by atoms with Crippen LogP contribution in [-0.2, 0) is 0 Å². The van der Waals surface area contributed by atoms with Gasteiger partial charge in [-0.3, -0.25) is 0 Å². The molecule has 78 valence electrons. The molecule has 1 aromatic carbocycles. The third kappa shape index (κ3) is 2.22. The van der Waals surface area contributed by atoms with E-state index in [-0.39, 0.29) is 18.4 Å². The van der Waals surface area contributed by atoms with E-state index >= 15 is 0 Å². The molecule has 0 amide bonds. The molecule has 0 spiro atoms. The Morgan fingerprint density at radius 3 is 2.50 bits per heavy atom. The molecule has 1 aliphatic carbocycles. The first-order chi connectivity index (χ1) is 6.18. The summed E-state index contributed by atoms with van der Waals surface area (Å²) in [5, 5.41) is 0. The molecule has 2 N–H and O–H groups in total. The number of halogens is 3. The maximum absolute atomic E-state index is 13.2. The molecule has 1 nitrogen and oxygen atoms in total. The second-order valence-electron chi connectivity index (χ2n) is 3.53. The lowest BCUT2D eigenvalue weighted by molar-refractivity contribution is 0.539. The molecule has 1 fully saturated rings. The second kappa shape index (κ2) is 4.24. The highest BCUT2D eigenvalue weighted by Crippen LogP contribution is 2.40. The van der Waals surface area contributed by atoms with Crippen LogP contribution in [0.25, 0.3) is 0 Å². The first-order valence-electron chi connectivity index (χ1n) is 4.39. The van der Waals surface area contributed by atoms with Gasteiger partial charge in [-0.1, -0.05) is 0 Å². The number of hydrogen-bond acceptors (Lipinski definition) is 1. The minimum absolute atomic E-state index is 0. The van der Waals surface area contributed by atoms with Gasteiger partial charge in [0.2, 0.25) is 0 Å². The van der Waals surface area contributed by atoms with Crippen LogP contribution in [0.4, 0.5) is 8.78 Å². The van der Waals surface area contributed by atoms with Crippen molar-refractivity contribution >= 4 is 12.4 Å². The van der Waals surface area contributed by atoms with Crippen molar-refractivity contribution in [1.29, 1.82) is 0 Å². The molecule has 14 heavy (non-hydrogen) atoms. The summed E-state index contributed by atoms with van der Waals surface area (Å²) < 4.78 is 25.9. The van der Waals surface area contributed by atoms with E-state index in [0.717, 1.165) is 25.0 Å². The fraction of sp³-hybridized carbons (Fsp3) is 0.400. The van der Waals surface area contributed by atoms with Crippen LogP contribution < -0.4 is 5.73 Å². The summed E-state index contributed by atoms with van der Waals surface area (Å²) in [6, 6.07) is 3.10. The SMILES string of the molecule is Cl.N[C@H](c1cc(F)ccc1F)C1CC1. The van der Waals surface area contributed by atoms with E-state index < -0.39 is 11.6 Å². The Kier molecular flexibility index (Phi) is 3.45. The third-order valence-electron chi connectivity index (χ3n) is 2.45. The average molecular weight is 220 g/mol. The molecule has 0 saturated heterocycles. The van der Waals surface area contributed by atoms with Crippen molar-refractivity contribution in [3.63, 3.8) is 0 Å². The summed E-state index contributed by atoms with van der Waals surface area (Å²) >= 11 is 0. The Bertz CT molecular complexity index is 326. The Balaban J connectivity index is 0.000000980. The van der Waals surface area contributed by atoms with Crippen LogP contribution in [0.1, 0.15) is 24.4 Å². The Labute approximate surface area is 87.7 Å². The highest BCUT2D eigenvalue weighted by atomic mass is 35.5. The number of nitrogens with two attached hydrogens (primary N) is 1. The molecule has 2 rings (SSSR count). The Morgan fingerprint density at radius 2 is 1.93 bits per heavy atom. The summed E-state index contributed by atoms with van der Waals surface area (Å²) in [5.74, 6) is -0.482. The zero-order chi connectivity index (χ0) is 9.42. The van der Waals surface area contributed by atoms with Crippen LogP contribution in [0.3, 0.4) is 0 Å². The highest BCUT2D eigenvalue weighted by molar-refractivity contribution is 5.85. The van der Waals surface area contributed by atoms with Gasteiger partial charge in [0.1, 0.15) is 11.6 Å². The summed E-state index contributed by atoms with van der Waals surface area (Å²) in [5.41, 5.74) is 6.07. The number of hydrogen-bond donors (Lipinski definition) is 1. The van der Waals surface area contributed by atoms with Gasteiger partial charge in [0.15, 0.2) is 0 Å². The average Bonchev–Trinajstić information content (AvgIpc) is 2.91. The predicted molar refractivity (Wildman–Crippen MR) is 53.3 cm³/mol. The van der Waals surface area contributed by atoms with Gasteiger partial charge < -0.3 is 5.73 Å². The van der Waals surface area contributed by atoms with Crippen molar-refractivity contribution in [3.8, 4) is 0 Å². The molecule has 0 bridgehead atoms. The number of benzene rings is 1. The van der Waals surface area contributed by atoms with E-state index in [1.807, 2.05) is 0 Å². The molecular formula is C10H12ClF2N. The summed E-state index contributed by atoms with van der Waals surface area (Å²) in [6.45, 7) is 0. The molecule has 1 atom stereocenters. The molecule has 1 saturated carbocycles. The minimum atomic E-state index is -0.424. The van der Waals surface area contributed by atoms with Crippen molar-refractivity contribution in [3.05, 3.63) is 35.4 Å². The first kappa shape index (κ1) is 11.4. The lowest BCUT2D eigenvalue weighted by Gasteiger charge is -2.11. The van der Waals surface area contributed by atoms with Gasteiger partial charge in [0.25, 0.3) is 0 Å². The van der Waals surface area contributed by atoms with Crippen molar-refractivity contribution < 1.29 is 8.78 Å². The van der Waals surface area contributed by atoms with Crippen LogP contribution in [0, 0.1) is 17.6 Å². The molecule has 1 aromatic rings. The topological polar surface area (TPSA) is 26.0 Å². The zero-order valence-corrected chi connectivity index (χ0v) is 8.36. The van der Waals surface area contributed by atoms with Crippen LogP contribution in [0.5, 0.6) is 0 Å². The highest BCUT2D eigenvalue weighted by Gasteiger charge is 2.31. The van der Waals surface area contributed by atoms with E-state index in [9.17, 15) is 8.78 Å². The standard InChI is InChI=1S/C10H11F2N.ClH/c11-7-3-4-9(12)8(5-7)10(13)6-1-2-6;/h3-6,10H,1-2,13H2;1H/t10-;/m0./s1. The molecule has 0 aromatic heterocycles. The van der Waals surface area contributed by atoms with E-state index in [1.165, 1.54) is 6.07 Å². The minimum Gasteiger partial charge on any atom is -0.324 e. The van der Waals surface area contributed by atoms with E-state index in [1.54, 1.807) is 0 Å². The normalized spacial score (nSPS) is 17.4. The molecule has 0 aliphatic heterocycles. The maximum atomic E-state index is 13.2. The lowest BCUT2D eigenvalue weighted by Crippen LogP contribution is -2.14. The van der Waals surface area contributed by atoms with Gasteiger partial charge in [0.05, 0.1) is 0 Å². The second-order valence-corrected chi connectivity index (χ2v) is 3.53. The van der Waals surface area contributed by atoms with Crippen LogP contribution >= 0.6 is 12.4 Å². The van der Waals surface area contributed by atoms with Crippen molar-refractivity contribution in [1.82, 2.24) is 0 Å². The molecule has 1 aliphatic rings. The van der Waals surface area contributed by atoms with Crippen LogP contribution in [0.2, 0.25) is 0 Å². The monoisotopic (exact) mass is 219 g/mol. The van der Waals surface area contributed by atoms with Gasteiger partial charge in [-0.05, 0) is 37.0 Å². The maximum Gasteiger partial charge on any atom is 0.128 e. The predicted octanol–water partition coefficient (Wildman–Crippen LogP) is 2.80. The molecular weight excluding hydrogens is 208 g/mol. The zero-order valence-electron chi connectivity index (χ0n) is 7.54. The van der Waals surface area contributed by atoms with Gasteiger partial charge in [-0.25, -0.2) is 8.78 Å². The van der Waals surface area contributed by atoms with E-state index in [2.05, 4.69) is 0 Å². The summed E-state index contributed by atoms with van der Waals surface area (Å²) in [7, 11) is 0. The molecule has 4 heteroatoms. The third-order valence-corrected chi connectivity index (χ3v) is 2.45. The quantitative estimate of drug-likeness (QED) is 0.813. The van der Waals surface area contributed by atoms with Crippen molar-refractivity contribution in [2.45, 2.75) is 18.9 Å². The fourth-order valence-corrected chi connectivity index (χ4v) is 1.48. The van der Waals surface area contributed by atoms with E-state index in [4.69, 9.17) is 5.73 Å². The summed E-state index contributed by atoms with van der Waals surface area (Å²) in [6.07, 6.45) is 2.05. The molecule has 0 radical (unpaired) electrons. The molecule has 0 heterocycles. The van der Waals surface area contributed by atoms with Gasteiger partial charge in [0, 0.05) is 11.6 Å². The summed E-state index contributed by atoms with van der Waals surface area (Å²) in [4.78, 5) is 0. The smallest absolute Gasteiger partial charge is 0.128 e. The van der Waals surface area contributed by atoms with E-state index in [0.29, 0.717) is 11.5 Å². The van der Waals surface area contributed by atoms with Crippen LogP contribution in [0.15, 0.2) is 18.2 Å². The lowest BCUT2D eigenvalue weighted by atomic mass is 10.0. The van der Waals surface area contributed by atoms with Crippen molar-refractivity contribution in [2.24, 2.45) is 11.7 Å². The van der Waals surface area contributed by atoms with Gasteiger partial charge >= 0.3 is 0 Å². The number of rotatable bonds is 2. The van der Waals surface area contributed by atoms with Crippen molar-refractivity contribution in [2.75, 3.05) is 0 Å². The Morgan fingerprint density at radius 1 is 1.29 bits per heavy atom. The largest absolute Gasteiger partial charge is 0.324 e. The Hall–Kier alpha value is -0.670. The van der Waals surface area contributed by atoms with Gasteiger partial charge in [-0.2, -0.15) is 0 Å². The molecule has 0 unspecified atom stereocenters.